The van der Waals surface area contributed by atoms with Crippen LogP contribution >= 0.6 is 0 Å². The molecule has 0 aliphatic carbocycles. The molecule has 1 atom stereocenters. The molecule has 2 aromatic rings. The molecule has 7 nitrogen and oxygen atoms in total. The number of guanidine groups is 1. The van der Waals surface area contributed by atoms with E-state index in [1.54, 1.807) is 0 Å². The highest BCUT2D eigenvalue weighted by Crippen LogP contribution is 2.35. The number of nitrogens with zero attached hydrogens (tertiary/aromatic N) is 3. The SMILES string of the molecule is CCNC(=NCCNc1ccc2ccccc2n1)N1CCCC2(CNC(=O)C2)C1. The zero-order valence-corrected chi connectivity index (χ0v) is 17.1. The molecular formula is C22H30N6O. The summed E-state index contributed by atoms with van der Waals surface area (Å²) < 4.78 is 0. The summed E-state index contributed by atoms with van der Waals surface area (Å²) in [5, 5.41) is 10.9. The number of rotatable bonds is 5. The van der Waals surface area contributed by atoms with Gasteiger partial charge in [-0.1, -0.05) is 18.2 Å². The summed E-state index contributed by atoms with van der Waals surface area (Å²) in [5.41, 5.74) is 1.06. The second-order valence-electron chi connectivity index (χ2n) is 8.03. The Morgan fingerprint density at radius 3 is 3.03 bits per heavy atom. The summed E-state index contributed by atoms with van der Waals surface area (Å²) >= 11 is 0. The third-order valence-electron chi connectivity index (χ3n) is 5.77. The van der Waals surface area contributed by atoms with Crippen molar-refractivity contribution in [3.05, 3.63) is 36.4 Å². The van der Waals surface area contributed by atoms with Crippen LogP contribution < -0.4 is 16.0 Å². The first-order valence-corrected chi connectivity index (χ1v) is 10.6. The first kappa shape index (κ1) is 19.5. The van der Waals surface area contributed by atoms with Gasteiger partial charge in [-0.25, -0.2) is 4.98 Å². The number of pyridine rings is 1. The molecule has 0 bridgehead atoms. The zero-order valence-electron chi connectivity index (χ0n) is 17.1. The molecule has 0 radical (unpaired) electrons. The number of likely N-dealkylation sites (tertiary alicyclic amines) is 1. The van der Waals surface area contributed by atoms with Crippen LogP contribution in [0.5, 0.6) is 0 Å². The Morgan fingerprint density at radius 2 is 2.21 bits per heavy atom. The van der Waals surface area contributed by atoms with Crippen LogP contribution in [-0.2, 0) is 4.79 Å². The van der Waals surface area contributed by atoms with Crippen LogP contribution in [0.4, 0.5) is 5.82 Å². The summed E-state index contributed by atoms with van der Waals surface area (Å²) in [4.78, 5) is 23.6. The van der Waals surface area contributed by atoms with Gasteiger partial charge in [0, 0.05) is 49.9 Å². The van der Waals surface area contributed by atoms with Gasteiger partial charge in [0.25, 0.3) is 0 Å². The fourth-order valence-electron chi connectivity index (χ4n) is 4.37. The Bertz CT molecular complexity index is 898. The van der Waals surface area contributed by atoms with E-state index in [2.05, 4.69) is 44.9 Å². The molecule has 1 unspecified atom stereocenters. The van der Waals surface area contributed by atoms with E-state index in [1.807, 2.05) is 24.3 Å². The predicted octanol–water partition coefficient (Wildman–Crippen LogP) is 2.21. The number of hydrogen-bond donors (Lipinski definition) is 3. The van der Waals surface area contributed by atoms with Gasteiger partial charge in [0.05, 0.1) is 12.1 Å². The van der Waals surface area contributed by atoms with Gasteiger partial charge in [-0.3, -0.25) is 9.79 Å². The van der Waals surface area contributed by atoms with E-state index >= 15 is 0 Å². The van der Waals surface area contributed by atoms with Crippen LogP contribution in [-0.4, -0.2) is 61.0 Å². The second kappa shape index (κ2) is 8.68. The molecule has 3 N–H and O–H groups in total. The fraction of sp³-hybridized carbons (Fsp3) is 0.500. The molecular weight excluding hydrogens is 364 g/mol. The van der Waals surface area contributed by atoms with Crippen molar-refractivity contribution in [1.29, 1.82) is 0 Å². The highest BCUT2D eigenvalue weighted by Gasteiger charge is 2.42. The first-order valence-electron chi connectivity index (χ1n) is 10.6. The summed E-state index contributed by atoms with van der Waals surface area (Å²) in [5.74, 6) is 2.00. The van der Waals surface area contributed by atoms with Crippen LogP contribution in [0.15, 0.2) is 41.4 Å². The molecule has 4 rings (SSSR count). The van der Waals surface area contributed by atoms with Crippen LogP contribution in [0.1, 0.15) is 26.2 Å². The number of fused-ring (bicyclic) bond motifs is 1. The lowest BCUT2D eigenvalue weighted by Crippen LogP contribution is -2.51. The molecule has 7 heteroatoms. The Kier molecular flexibility index (Phi) is 5.83. The van der Waals surface area contributed by atoms with Crippen molar-refractivity contribution in [2.24, 2.45) is 10.4 Å². The lowest BCUT2D eigenvalue weighted by molar-refractivity contribution is -0.119. The molecule has 1 aromatic heterocycles. The van der Waals surface area contributed by atoms with Crippen molar-refractivity contribution < 1.29 is 4.79 Å². The van der Waals surface area contributed by atoms with E-state index < -0.39 is 0 Å². The van der Waals surface area contributed by atoms with Crippen molar-refractivity contribution in [1.82, 2.24) is 20.5 Å². The number of anilines is 1. The monoisotopic (exact) mass is 394 g/mol. The fourth-order valence-corrected chi connectivity index (χ4v) is 4.37. The van der Waals surface area contributed by atoms with Gasteiger partial charge < -0.3 is 20.9 Å². The zero-order chi connectivity index (χ0) is 20.1. The maximum atomic E-state index is 11.8. The standard InChI is InChI=1S/C22H30N6O/c1-2-23-21(28-13-5-10-22(16-28)14-20(29)26-15-22)25-12-11-24-19-9-8-17-6-3-4-7-18(17)27-19/h3-4,6-9H,2,5,10-16H2,1H3,(H,23,25)(H,24,27)(H,26,29). The summed E-state index contributed by atoms with van der Waals surface area (Å²) in [7, 11) is 0. The van der Waals surface area contributed by atoms with Gasteiger partial charge in [0.2, 0.25) is 5.91 Å². The molecule has 1 amide bonds. The number of aliphatic imine (C=N–C) groups is 1. The van der Waals surface area contributed by atoms with Crippen LogP contribution in [0.3, 0.4) is 0 Å². The minimum atomic E-state index is 0.0682. The minimum absolute atomic E-state index is 0.0682. The molecule has 154 valence electrons. The van der Waals surface area contributed by atoms with Gasteiger partial charge in [-0.05, 0) is 38.0 Å². The molecule has 3 heterocycles. The van der Waals surface area contributed by atoms with E-state index in [0.29, 0.717) is 13.0 Å². The van der Waals surface area contributed by atoms with E-state index in [4.69, 9.17) is 4.99 Å². The highest BCUT2D eigenvalue weighted by molar-refractivity contribution is 5.82. The number of aromatic nitrogens is 1. The van der Waals surface area contributed by atoms with Crippen molar-refractivity contribution in [2.45, 2.75) is 26.2 Å². The third-order valence-corrected chi connectivity index (χ3v) is 5.77. The number of carbonyl (C=O) groups is 1. The number of carbonyl (C=O) groups excluding carboxylic acids is 1. The van der Waals surface area contributed by atoms with Crippen molar-refractivity contribution in [2.75, 3.05) is 44.6 Å². The second-order valence-corrected chi connectivity index (χ2v) is 8.03. The molecule has 29 heavy (non-hydrogen) atoms. The van der Waals surface area contributed by atoms with Gasteiger partial charge in [-0.2, -0.15) is 0 Å². The third kappa shape index (κ3) is 4.60. The lowest BCUT2D eigenvalue weighted by atomic mass is 9.79. The van der Waals surface area contributed by atoms with Crippen LogP contribution in [0, 0.1) is 5.41 Å². The van der Waals surface area contributed by atoms with Crippen molar-refractivity contribution in [3.63, 3.8) is 0 Å². The van der Waals surface area contributed by atoms with Crippen LogP contribution in [0.25, 0.3) is 10.9 Å². The van der Waals surface area contributed by atoms with Gasteiger partial charge in [0.15, 0.2) is 5.96 Å². The molecule has 2 saturated heterocycles. The first-order chi connectivity index (χ1) is 14.2. The molecule has 2 fully saturated rings. The molecule has 1 spiro atoms. The molecule has 2 aliphatic rings. The van der Waals surface area contributed by atoms with Crippen molar-refractivity contribution in [3.8, 4) is 0 Å². The average molecular weight is 395 g/mol. The smallest absolute Gasteiger partial charge is 0.220 e. The van der Waals surface area contributed by atoms with E-state index in [-0.39, 0.29) is 11.3 Å². The molecule has 0 saturated carbocycles. The number of amides is 1. The Labute approximate surface area is 172 Å². The Hall–Kier alpha value is -2.83. The van der Waals surface area contributed by atoms with Crippen LogP contribution in [0.2, 0.25) is 0 Å². The number of hydrogen-bond acceptors (Lipinski definition) is 4. The lowest BCUT2D eigenvalue weighted by Gasteiger charge is -2.40. The summed E-state index contributed by atoms with van der Waals surface area (Å²) in [6, 6.07) is 12.2. The van der Waals surface area contributed by atoms with E-state index in [0.717, 1.165) is 68.2 Å². The maximum Gasteiger partial charge on any atom is 0.220 e. The Balaban J connectivity index is 1.36. The number of para-hydroxylation sites is 1. The average Bonchev–Trinajstić information content (AvgIpc) is 3.09. The van der Waals surface area contributed by atoms with Gasteiger partial charge in [-0.15, -0.1) is 0 Å². The van der Waals surface area contributed by atoms with E-state index in [9.17, 15) is 4.79 Å². The normalized spacial score (nSPS) is 22.2. The Morgan fingerprint density at radius 1 is 1.31 bits per heavy atom. The number of nitrogens with one attached hydrogen (secondary N) is 3. The van der Waals surface area contributed by atoms with E-state index in [1.165, 1.54) is 0 Å². The highest BCUT2D eigenvalue weighted by atomic mass is 16.1. The van der Waals surface area contributed by atoms with Crippen molar-refractivity contribution >= 4 is 28.6 Å². The molecule has 2 aliphatic heterocycles. The maximum absolute atomic E-state index is 11.8. The minimum Gasteiger partial charge on any atom is -0.368 e. The topological polar surface area (TPSA) is 81.7 Å². The van der Waals surface area contributed by atoms with Gasteiger partial charge >= 0.3 is 0 Å². The van der Waals surface area contributed by atoms with Gasteiger partial charge in [0.1, 0.15) is 5.82 Å². The largest absolute Gasteiger partial charge is 0.368 e. The quantitative estimate of drug-likeness (QED) is 0.412. The number of piperidine rings is 1. The number of benzene rings is 1. The predicted molar refractivity (Wildman–Crippen MR) is 117 cm³/mol. The summed E-state index contributed by atoms with van der Waals surface area (Å²) in [6.45, 7) is 6.97. The summed E-state index contributed by atoms with van der Waals surface area (Å²) in [6.07, 6.45) is 2.84. The molecule has 1 aromatic carbocycles.